The third kappa shape index (κ3) is 3.14. The van der Waals surface area contributed by atoms with E-state index in [1.807, 2.05) is 6.07 Å². The number of nitrogens with zero attached hydrogens (tertiary/aromatic N) is 1. The fraction of sp³-hybridized carbons (Fsp3) is 0.667. The first-order valence-corrected chi connectivity index (χ1v) is 8.51. The lowest BCUT2D eigenvalue weighted by Gasteiger charge is -2.37. The van der Waals surface area contributed by atoms with Crippen LogP contribution in [0.2, 0.25) is 0 Å². The topological polar surface area (TPSA) is 15.3 Å². The first-order chi connectivity index (χ1) is 10.3. The van der Waals surface area contributed by atoms with Crippen LogP contribution in [0.5, 0.6) is 0 Å². The lowest BCUT2D eigenvalue weighted by molar-refractivity contribution is 0.267. The van der Waals surface area contributed by atoms with E-state index in [0.717, 1.165) is 12.0 Å². The van der Waals surface area contributed by atoms with Gasteiger partial charge < -0.3 is 10.2 Å². The van der Waals surface area contributed by atoms with E-state index in [4.69, 9.17) is 0 Å². The molecule has 0 bridgehead atoms. The summed E-state index contributed by atoms with van der Waals surface area (Å²) in [5.41, 5.74) is 1.17. The average Bonchev–Trinajstić information content (AvgIpc) is 3.17. The van der Waals surface area contributed by atoms with E-state index in [2.05, 4.69) is 16.3 Å². The summed E-state index contributed by atoms with van der Waals surface area (Å²) in [6, 6.07) is 8.70. The molecule has 0 spiro atoms. The van der Waals surface area contributed by atoms with Crippen LogP contribution < -0.4 is 5.32 Å². The summed E-state index contributed by atoms with van der Waals surface area (Å²) in [7, 11) is 0. The number of hydrogen-bond acceptors (Lipinski definition) is 2. The van der Waals surface area contributed by atoms with Gasteiger partial charge in [-0.25, -0.2) is 4.39 Å². The molecule has 1 heterocycles. The first kappa shape index (κ1) is 13.7. The third-order valence-corrected chi connectivity index (χ3v) is 5.53. The van der Waals surface area contributed by atoms with Crippen LogP contribution >= 0.6 is 0 Å². The van der Waals surface area contributed by atoms with Gasteiger partial charge in [0.1, 0.15) is 5.82 Å². The molecular formula is C18H25FN2. The van der Waals surface area contributed by atoms with Crippen molar-refractivity contribution in [2.75, 3.05) is 19.6 Å². The molecule has 21 heavy (non-hydrogen) atoms. The van der Waals surface area contributed by atoms with E-state index < -0.39 is 0 Å². The van der Waals surface area contributed by atoms with E-state index in [1.165, 1.54) is 63.4 Å². The summed E-state index contributed by atoms with van der Waals surface area (Å²) >= 11 is 0. The smallest absolute Gasteiger partial charge is 0.123 e. The number of nitrogens with one attached hydrogen (secondary N) is 1. The van der Waals surface area contributed by atoms with Gasteiger partial charge in [0.05, 0.1) is 0 Å². The maximum absolute atomic E-state index is 13.2. The summed E-state index contributed by atoms with van der Waals surface area (Å²) in [5, 5.41) is 3.73. The van der Waals surface area contributed by atoms with Gasteiger partial charge in [0, 0.05) is 18.6 Å². The molecule has 0 aromatic heterocycles. The Kier molecular flexibility index (Phi) is 3.72. The molecule has 1 N–H and O–H groups in total. The largest absolute Gasteiger partial charge is 0.314 e. The van der Waals surface area contributed by atoms with Crippen molar-refractivity contribution in [2.45, 2.75) is 50.1 Å². The monoisotopic (exact) mass is 288 g/mol. The molecular weight excluding hydrogens is 263 g/mol. The fourth-order valence-electron chi connectivity index (χ4n) is 3.95. The van der Waals surface area contributed by atoms with Crippen molar-refractivity contribution in [2.24, 2.45) is 5.92 Å². The van der Waals surface area contributed by atoms with E-state index in [0.29, 0.717) is 12.0 Å². The minimum Gasteiger partial charge on any atom is -0.314 e. The molecule has 3 fully saturated rings. The number of hydrogen-bond donors (Lipinski definition) is 1. The highest BCUT2D eigenvalue weighted by atomic mass is 19.1. The Hall–Kier alpha value is -0.930. The Bertz CT molecular complexity index is 494. The number of benzene rings is 1. The molecule has 1 aliphatic heterocycles. The molecule has 2 nitrogen and oxygen atoms in total. The maximum atomic E-state index is 13.2. The Morgan fingerprint density at radius 1 is 1.19 bits per heavy atom. The van der Waals surface area contributed by atoms with E-state index in [-0.39, 0.29) is 5.82 Å². The summed E-state index contributed by atoms with van der Waals surface area (Å²) in [4.78, 5) is 2.68. The second-order valence-electron chi connectivity index (χ2n) is 7.21. The summed E-state index contributed by atoms with van der Waals surface area (Å²) in [6.45, 7) is 3.79. The van der Waals surface area contributed by atoms with Gasteiger partial charge in [0.25, 0.3) is 0 Å². The third-order valence-electron chi connectivity index (χ3n) is 5.53. The van der Waals surface area contributed by atoms with Crippen molar-refractivity contribution in [3.05, 3.63) is 35.6 Å². The molecule has 2 saturated carbocycles. The van der Waals surface area contributed by atoms with Gasteiger partial charge in [-0.1, -0.05) is 12.1 Å². The van der Waals surface area contributed by atoms with Crippen LogP contribution in [0.25, 0.3) is 0 Å². The lowest BCUT2D eigenvalue weighted by Crippen LogP contribution is -2.42. The number of rotatable bonds is 5. The normalized spacial score (nSPS) is 33.1. The molecule has 1 aromatic rings. The standard InChI is InChI=1S/C18H25FN2/c19-16-3-1-2-14(8-16)15-9-17(10-15)20-11-13-6-7-21(12-13)18-4-5-18/h1-3,8,13,15,17-18,20H,4-7,9-12H2. The van der Waals surface area contributed by atoms with Crippen LogP contribution in [-0.4, -0.2) is 36.6 Å². The summed E-state index contributed by atoms with van der Waals surface area (Å²) in [5.74, 6) is 1.30. The highest BCUT2D eigenvalue weighted by Crippen LogP contribution is 2.37. The van der Waals surface area contributed by atoms with Crippen molar-refractivity contribution < 1.29 is 4.39 Å². The van der Waals surface area contributed by atoms with Crippen molar-refractivity contribution in [3.8, 4) is 0 Å². The summed E-state index contributed by atoms with van der Waals surface area (Å²) < 4.78 is 13.2. The molecule has 1 saturated heterocycles. The zero-order chi connectivity index (χ0) is 14.2. The lowest BCUT2D eigenvalue weighted by atomic mass is 9.75. The van der Waals surface area contributed by atoms with Gasteiger partial charge >= 0.3 is 0 Å². The van der Waals surface area contributed by atoms with Crippen molar-refractivity contribution in [1.29, 1.82) is 0 Å². The molecule has 3 heteroatoms. The predicted octanol–water partition coefficient (Wildman–Crippen LogP) is 3.15. The quantitative estimate of drug-likeness (QED) is 0.895. The number of likely N-dealkylation sites (tertiary alicyclic amines) is 1. The Morgan fingerprint density at radius 3 is 2.81 bits per heavy atom. The zero-order valence-electron chi connectivity index (χ0n) is 12.6. The van der Waals surface area contributed by atoms with Crippen LogP contribution in [-0.2, 0) is 0 Å². The van der Waals surface area contributed by atoms with Crippen LogP contribution in [0, 0.1) is 11.7 Å². The minimum atomic E-state index is -0.102. The Morgan fingerprint density at radius 2 is 2.05 bits per heavy atom. The SMILES string of the molecule is Fc1cccc(C2CC(NCC3CCN(C4CC4)C3)C2)c1. The van der Waals surface area contributed by atoms with Crippen LogP contribution in [0.3, 0.4) is 0 Å². The van der Waals surface area contributed by atoms with Gasteiger partial charge in [0.2, 0.25) is 0 Å². The molecule has 1 aromatic carbocycles. The van der Waals surface area contributed by atoms with Crippen molar-refractivity contribution in [1.82, 2.24) is 10.2 Å². The van der Waals surface area contributed by atoms with E-state index in [1.54, 1.807) is 6.07 Å². The van der Waals surface area contributed by atoms with Gasteiger partial charge in [-0.3, -0.25) is 0 Å². The molecule has 0 amide bonds. The first-order valence-electron chi connectivity index (χ1n) is 8.51. The van der Waals surface area contributed by atoms with Crippen LogP contribution in [0.15, 0.2) is 24.3 Å². The molecule has 3 aliphatic rings. The van der Waals surface area contributed by atoms with Crippen LogP contribution in [0.1, 0.15) is 43.6 Å². The van der Waals surface area contributed by atoms with Gasteiger partial charge in [-0.2, -0.15) is 0 Å². The van der Waals surface area contributed by atoms with Crippen molar-refractivity contribution >= 4 is 0 Å². The number of halogens is 1. The van der Waals surface area contributed by atoms with E-state index in [9.17, 15) is 4.39 Å². The molecule has 2 aliphatic carbocycles. The van der Waals surface area contributed by atoms with Crippen molar-refractivity contribution in [3.63, 3.8) is 0 Å². The highest BCUT2D eigenvalue weighted by Gasteiger charge is 2.35. The van der Waals surface area contributed by atoms with Gasteiger partial charge in [-0.05, 0) is 74.7 Å². The predicted molar refractivity (Wildman–Crippen MR) is 82.9 cm³/mol. The second-order valence-corrected chi connectivity index (χ2v) is 7.21. The minimum absolute atomic E-state index is 0.102. The fourth-order valence-corrected chi connectivity index (χ4v) is 3.95. The van der Waals surface area contributed by atoms with Crippen LogP contribution in [0.4, 0.5) is 4.39 Å². The van der Waals surface area contributed by atoms with E-state index >= 15 is 0 Å². The Balaban J connectivity index is 1.19. The zero-order valence-corrected chi connectivity index (χ0v) is 12.6. The molecule has 1 unspecified atom stereocenters. The van der Waals surface area contributed by atoms with Gasteiger partial charge in [-0.15, -0.1) is 0 Å². The molecule has 0 radical (unpaired) electrons. The molecule has 4 rings (SSSR count). The summed E-state index contributed by atoms with van der Waals surface area (Å²) in [6.07, 6.45) is 6.56. The maximum Gasteiger partial charge on any atom is 0.123 e. The molecule has 1 atom stereocenters. The average molecular weight is 288 g/mol. The van der Waals surface area contributed by atoms with Gasteiger partial charge in [0.15, 0.2) is 0 Å². The second kappa shape index (κ2) is 5.69. The Labute approximate surface area is 126 Å². The molecule has 114 valence electrons. The highest BCUT2D eigenvalue weighted by molar-refractivity contribution is 5.23.